The molecule has 19 heavy (non-hydrogen) atoms. The summed E-state index contributed by atoms with van der Waals surface area (Å²) in [4.78, 5) is 18.3. The van der Waals surface area contributed by atoms with Crippen LogP contribution in [-0.4, -0.2) is 21.0 Å². The zero-order valence-corrected chi connectivity index (χ0v) is 10.3. The second-order valence-corrected chi connectivity index (χ2v) is 3.89. The van der Waals surface area contributed by atoms with E-state index in [9.17, 15) is 4.79 Å². The lowest BCUT2D eigenvalue weighted by molar-refractivity contribution is -0.131. The number of hydrogen-bond donors (Lipinski definition) is 1. The second-order valence-electron chi connectivity index (χ2n) is 3.89. The molecule has 2 rings (SSSR count). The van der Waals surface area contributed by atoms with Gasteiger partial charge < -0.3 is 9.84 Å². The number of aromatic nitrogens is 2. The van der Waals surface area contributed by atoms with Crippen molar-refractivity contribution >= 4 is 12.0 Å². The molecule has 0 atom stereocenters. The summed E-state index contributed by atoms with van der Waals surface area (Å²) < 4.78 is 5.45. The van der Waals surface area contributed by atoms with Crippen molar-refractivity contribution in [2.75, 3.05) is 0 Å². The average Bonchev–Trinajstić information content (AvgIpc) is 2.40. The molecule has 1 heterocycles. The van der Waals surface area contributed by atoms with E-state index in [2.05, 4.69) is 9.97 Å². The Morgan fingerprint density at radius 2 is 1.84 bits per heavy atom. The molecule has 0 amide bonds. The number of rotatable bonds is 4. The molecule has 0 aliphatic rings. The van der Waals surface area contributed by atoms with Gasteiger partial charge in [0.25, 0.3) is 0 Å². The predicted octanol–water partition coefficient (Wildman–Crippen LogP) is 2.68. The van der Waals surface area contributed by atoms with E-state index in [4.69, 9.17) is 9.84 Å². The number of benzene rings is 1. The predicted molar refractivity (Wildman–Crippen MR) is 70.0 cm³/mol. The Hall–Kier alpha value is -2.69. The molecule has 5 heteroatoms. The van der Waals surface area contributed by atoms with Crippen LogP contribution in [0.3, 0.4) is 0 Å². The lowest BCUT2D eigenvalue weighted by atomic mass is 10.2. The van der Waals surface area contributed by atoms with Gasteiger partial charge in [0.15, 0.2) is 0 Å². The topological polar surface area (TPSA) is 72.3 Å². The van der Waals surface area contributed by atoms with Gasteiger partial charge in [-0.15, -0.1) is 0 Å². The molecule has 0 unspecified atom stereocenters. The first kappa shape index (κ1) is 12.8. The number of carbonyl (C=O) groups is 1. The zero-order chi connectivity index (χ0) is 13.7. The van der Waals surface area contributed by atoms with Crippen LogP contribution in [0.5, 0.6) is 11.8 Å². The minimum atomic E-state index is -1.01. The summed E-state index contributed by atoms with van der Waals surface area (Å²) in [5, 5.41) is 8.49. The number of aliphatic carboxylic acids is 1. The van der Waals surface area contributed by atoms with E-state index in [1.807, 2.05) is 31.2 Å². The monoisotopic (exact) mass is 256 g/mol. The van der Waals surface area contributed by atoms with E-state index < -0.39 is 5.97 Å². The Kier molecular flexibility index (Phi) is 3.87. The molecule has 0 saturated heterocycles. The molecular formula is C14H12N2O3. The molecule has 0 bridgehead atoms. The number of ether oxygens (including phenoxy) is 1. The van der Waals surface area contributed by atoms with Gasteiger partial charge in [-0.1, -0.05) is 17.7 Å². The summed E-state index contributed by atoms with van der Waals surface area (Å²) in [7, 11) is 0. The molecule has 0 aliphatic carbocycles. The highest BCUT2D eigenvalue weighted by Gasteiger charge is 2.00. The third-order valence-corrected chi connectivity index (χ3v) is 2.30. The van der Waals surface area contributed by atoms with Crippen LogP contribution >= 0.6 is 0 Å². The van der Waals surface area contributed by atoms with Gasteiger partial charge in [0.2, 0.25) is 0 Å². The van der Waals surface area contributed by atoms with Gasteiger partial charge in [0.05, 0.1) is 0 Å². The van der Waals surface area contributed by atoms with Gasteiger partial charge in [-0.05, 0) is 25.1 Å². The van der Waals surface area contributed by atoms with Crippen LogP contribution in [0, 0.1) is 6.92 Å². The lowest BCUT2D eigenvalue weighted by Gasteiger charge is -2.03. The summed E-state index contributed by atoms with van der Waals surface area (Å²) in [5.41, 5.74) is 1.74. The third-order valence-electron chi connectivity index (χ3n) is 2.30. The van der Waals surface area contributed by atoms with Crippen molar-refractivity contribution in [3.63, 3.8) is 0 Å². The van der Waals surface area contributed by atoms with Gasteiger partial charge in [0.1, 0.15) is 5.75 Å². The molecule has 96 valence electrons. The Labute approximate surface area is 110 Å². The van der Waals surface area contributed by atoms with Crippen LogP contribution in [-0.2, 0) is 4.79 Å². The van der Waals surface area contributed by atoms with E-state index >= 15 is 0 Å². The number of aryl methyl sites for hydroxylation is 1. The first-order chi connectivity index (χ1) is 9.13. The smallest absolute Gasteiger partial charge is 0.328 e. The molecule has 1 aromatic heterocycles. The molecule has 5 nitrogen and oxygen atoms in total. The number of nitrogens with zero attached hydrogens (tertiary/aromatic N) is 2. The number of hydrogen-bond acceptors (Lipinski definition) is 4. The van der Waals surface area contributed by atoms with Crippen LogP contribution < -0.4 is 4.74 Å². The molecule has 1 N–H and O–H groups in total. The van der Waals surface area contributed by atoms with Crippen molar-refractivity contribution in [3.8, 4) is 11.8 Å². The summed E-state index contributed by atoms with van der Waals surface area (Å²) in [5.74, 6) is -0.362. The zero-order valence-electron chi connectivity index (χ0n) is 10.3. The first-order valence-corrected chi connectivity index (χ1v) is 5.61. The molecule has 0 fully saturated rings. The van der Waals surface area contributed by atoms with E-state index in [-0.39, 0.29) is 6.01 Å². The van der Waals surface area contributed by atoms with Gasteiger partial charge in [0, 0.05) is 24.0 Å². The van der Waals surface area contributed by atoms with E-state index in [1.165, 1.54) is 18.5 Å². The van der Waals surface area contributed by atoms with Crippen molar-refractivity contribution in [3.05, 3.63) is 53.9 Å². The maximum Gasteiger partial charge on any atom is 0.328 e. The Bertz CT molecular complexity index is 589. The largest absolute Gasteiger partial charge is 0.478 e. The van der Waals surface area contributed by atoms with E-state index in [0.29, 0.717) is 11.3 Å². The molecule has 1 aromatic carbocycles. The van der Waals surface area contributed by atoms with Crippen LogP contribution in [0.15, 0.2) is 42.7 Å². The van der Waals surface area contributed by atoms with Crippen LogP contribution in [0.1, 0.15) is 11.1 Å². The molecule has 0 aliphatic heterocycles. The maximum atomic E-state index is 10.4. The quantitative estimate of drug-likeness (QED) is 0.851. The van der Waals surface area contributed by atoms with Gasteiger partial charge >= 0.3 is 12.0 Å². The van der Waals surface area contributed by atoms with Crippen LogP contribution in [0.4, 0.5) is 0 Å². The highest BCUT2D eigenvalue weighted by molar-refractivity contribution is 5.85. The van der Waals surface area contributed by atoms with Gasteiger partial charge in [-0.3, -0.25) is 0 Å². The summed E-state index contributed by atoms with van der Waals surface area (Å²) in [6, 6.07) is 7.74. The fraction of sp³-hybridized carbons (Fsp3) is 0.0714. The number of carboxylic acid groups (broad SMARTS) is 1. The fourth-order valence-corrected chi connectivity index (χ4v) is 1.34. The molecule has 0 spiro atoms. The van der Waals surface area contributed by atoms with Crippen molar-refractivity contribution < 1.29 is 14.6 Å². The normalized spacial score (nSPS) is 10.6. The average molecular weight is 256 g/mol. The molecule has 0 saturated carbocycles. The van der Waals surface area contributed by atoms with Crippen molar-refractivity contribution in [2.45, 2.75) is 6.92 Å². The fourth-order valence-electron chi connectivity index (χ4n) is 1.34. The highest BCUT2D eigenvalue weighted by Crippen LogP contribution is 2.17. The standard InChI is InChI=1S/C14H12N2O3/c1-10-2-5-12(6-3-10)19-14-15-8-11(9-16-14)4-7-13(17)18/h2-9H,1H3,(H,17,18)/b7-4+. The van der Waals surface area contributed by atoms with Crippen LogP contribution in [0.25, 0.3) is 6.08 Å². The minimum absolute atomic E-state index is 0.219. The molecule has 2 aromatic rings. The first-order valence-electron chi connectivity index (χ1n) is 5.61. The van der Waals surface area contributed by atoms with Gasteiger partial charge in [-0.2, -0.15) is 0 Å². The summed E-state index contributed by atoms with van der Waals surface area (Å²) in [6.07, 6.45) is 5.43. The Morgan fingerprint density at radius 3 is 2.42 bits per heavy atom. The highest BCUT2D eigenvalue weighted by atomic mass is 16.5. The summed E-state index contributed by atoms with van der Waals surface area (Å²) >= 11 is 0. The Balaban J connectivity index is 2.06. The van der Waals surface area contributed by atoms with E-state index in [0.717, 1.165) is 11.6 Å². The summed E-state index contributed by atoms with van der Waals surface area (Å²) in [6.45, 7) is 1.99. The maximum absolute atomic E-state index is 10.4. The van der Waals surface area contributed by atoms with Crippen molar-refractivity contribution in [1.82, 2.24) is 9.97 Å². The van der Waals surface area contributed by atoms with Crippen molar-refractivity contribution in [1.29, 1.82) is 0 Å². The SMILES string of the molecule is Cc1ccc(Oc2ncc(/C=C/C(=O)O)cn2)cc1. The molecular weight excluding hydrogens is 244 g/mol. The van der Waals surface area contributed by atoms with Gasteiger partial charge in [-0.25, -0.2) is 14.8 Å². The third kappa shape index (κ3) is 3.92. The van der Waals surface area contributed by atoms with Crippen LogP contribution in [0.2, 0.25) is 0 Å². The second kappa shape index (κ2) is 5.77. The lowest BCUT2D eigenvalue weighted by Crippen LogP contribution is -1.92. The molecule has 0 radical (unpaired) electrons. The van der Waals surface area contributed by atoms with E-state index in [1.54, 1.807) is 0 Å². The van der Waals surface area contributed by atoms with Crippen molar-refractivity contribution in [2.24, 2.45) is 0 Å². The number of carboxylic acids is 1. The minimum Gasteiger partial charge on any atom is -0.478 e. The Morgan fingerprint density at radius 1 is 1.21 bits per heavy atom.